The van der Waals surface area contributed by atoms with Crippen molar-refractivity contribution in [2.75, 3.05) is 9.80 Å². The highest BCUT2D eigenvalue weighted by atomic mass is 15.1. The first-order valence-electron chi connectivity index (χ1n) is 19.4. The lowest BCUT2D eigenvalue weighted by molar-refractivity contribution is 0.652. The first-order valence-corrected chi connectivity index (χ1v) is 19.4. The van der Waals surface area contributed by atoms with Gasteiger partial charge in [-0.1, -0.05) is 164 Å². The molecule has 2 heteroatoms. The van der Waals surface area contributed by atoms with E-state index >= 15 is 0 Å². The molecule has 0 saturated carbocycles. The number of rotatable bonds is 8. The molecule has 2 aliphatic carbocycles. The minimum atomic E-state index is 0.351. The third-order valence-corrected chi connectivity index (χ3v) is 11.1. The van der Waals surface area contributed by atoms with E-state index in [1.54, 1.807) is 0 Å². The Morgan fingerprint density at radius 3 is 1.21 bits per heavy atom. The Morgan fingerprint density at radius 2 is 0.732 bits per heavy atom. The van der Waals surface area contributed by atoms with Crippen LogP contribution in [-0.2, 0) is 0 Å². The quantitative estimate of drug-likeness (QED) is 0.144. The topological polar surface area (TPSA) is 6.48 Å². The second kappa shape index (κ2) is 14.6. The molecular weight excluding hydrogens is 677 g/mol. The van der Waals surface area contributed by atoms with Gasteiger partial charge in [-0.15, -0.1) is 0 Å². The van der Waals surface area contributed by atoms with Gasteiger partial charge in [0.05, 0.1) is 0 Å². The zero-order valence-corrected chi connectivity index (χ0v) is 31.0. The first kappa shape index (κ1) is 33.4. The summed E-state index contributed by atoms with van der Waals surface area (Å²) in [6.07, 6.45) is 20.3. The van der Waals surface area contributed by atoms with Crippen molar-refractivity contribution in [2.45, 2.75) is 0 Å². The number of anilines is 5. The summed E-state index contributed by atoms with van der Waals surface area (Å²) in [4.78, 5) is 4.74. The molecule has 0 saturated heterocycles. The van der Waals surface area contributed by atoms with E-state index in [0.29, 0.717) is 11.8 Å². The second-order valence-electron chi connectivity index (χ2n) is 14.7. The number of hydrogen-bond donors (Lipinski definition) is 0. The fourth-order valence-electron chi connectivity index (χ4n) is 8.12. The molecule has 56 heavy (non-hydrogen) atoms. The van der Waals surface area contributed by atoms with Crippen LogP contribution < -0.4 is 9.80 Å². The Labute approximate surface area is 328 Å². The molecule has 0 aromatic heterocycles. The van der Waals surface area contributed by atoms with Gasteiger partial charge in [-0.3, -0.25) is 0 Å². The van der Waals surface area contributed by atoms with E-state index < -0.39 is 0 Å². The Hall–Kier alpha value is -7.16. The maximum Gasteiger partial charge on any atom is 0.0468 e. The van der Waals surface area contributed by atoms with Crippen LogP contribution >= 0.6 is 0 Å². The fourth-order valence-corrected chi connectivity index (χ4v) is 8.12. The molecule has 8 aromatic rings. The molecule has 10 rings (SSSR count). The van der Waals surface area contributed by atoms with Crippen LogP contribution in [0, 0.1) is 11.8 Å². The number of allylic oxidation sites excluding steroid dienone is 7. The van der Waals surface area contributed by atoms with Crippen molar-refractivity contribution in [3.8, 4) is 0 Å². The van der Waals surface area contributed by atoms with Gasteiger partial charge in [-0.25, -0.2) is 0 Å². The molecular formula is C54H40N2. The number of hydrogen-bond acceptors (Lipinski definition) is 2. The van der Waals surface area contributed by atoms with E-state index in [1.807, 2.05) is 0 Å². The van der Waals surface area contributed by atoms with Crippen molar-refractivity contribution in [2.24, 2.45) is 11.8 Å². The SMILES string of the molecule is C1=CC2C=CC(N(c3ccc(/C=C/c4ccc(N(c5ccc6ccccc6c5)c5ccc6ccccc6c5)cc4)cc3)c3ccc4ccccc4c3)=CC2C=C1. The second-order valence-corrected chi connectivity index (χ2v) is 14.7. The molecule has 0 heterocycles. The summed E-state index contributed by atoms with van der Waals surface area (Å²) in [7, 11) is 0. The molecule has 0 aliphatic heterocycles. The number of nitrogens with zero attached hydrogens (tertiary/aromatic N) is 2. The van der Waals surface area contributed by atoms with Crippen LogP contribution in [0.1, 0.15) is 11.1 Å². The van der Waals surface area contributed by atoms with Gasteiger partial charge in [0.25, 0.3) is 0 Å². The van der Waals surface area contributed by atoms with Gasteiger partial charge in [-0.2, -0.15) is 0 Å². The summed E-state index contributed by atoms with van der Waals surface area (Å²) >= 11 is 0. The van der Waals surface area contributed by atoms with E-state index in [2.05, 4.69) is 240 Å². The predicted octanol–water partition coefficient (Wildman–Crippen LogP) is 14.7. The van der Waals surface area contributed by atoms with E-state index in [4.69, 9.17) is 0 Å². The van der Waals surface area contributed by atoms with Crippen molar-refractivity contribution < 1.29 is 0 Å². The predicted molar refractivity (Wildman–Crippen MR) is 240 cm³/mol. The van der Waals surface area contributed by atoms with Crippen LogP contribution in [0.2, 0.25) is 0 Å². The fraction of sp³-hybridized carbons (Fsp3) is 0.0370. The van der Waals surface area contributed by atoms with Gasteiger partial charge in [0.1, 0.15) is 0 Å². The van der Waals surface area contributed by atoms with Crippen LogP contribution in [0.4, 0.5) is 28.4 Å². The van der Waals surface area contributed by atoms with Crippen molar-refractivity contribution in [1.82, 2.24) is 0 Å². The van der Waals surface area contributed by atoms with Crippen molar-refractivity contribution >= 4 is 72.9 Å². The largest absolute Gasteiger partial charge is 0.311 e. The third-order valence-electron chi connectivity index (χ3n) is 11.1. The van der Waals surface area contributed by atoms with Crippen molar-refractivity contribution in [3.63, 3.8) is 0 Å². The summed E-state index contributed by atoms with van der Waals surface area (Å²) in [5, 5.41) is 7.40. The average molecular weight is 717 g/mol. The van der Waals surface area contributed by atoms with E-state index in [9.17, 15) is 0 Å². The lowest BCUT2D eigenvalue weighted by Gasteiger charge is -2.31. The van der Waals surface area contributed by atoms with Gasteiger partial charge in [-0.05, 0) is 110 Å². The zero-order chi connectivity index (χ0) is 37.3. The zero-order valence-electron chi connectivity index (χ0n) is 31.0. The van der Waals surface area contributed by atoms with E-state index in [1.165, 1.54) is 38.0 Å². The number of benzene rings is 8. The Balaban J connectivity index is 0.941. The average Bonchev–Trinajstić information content (AvgIpc) is 3.26. The highest BCUT2D eigenvalue weighted by molar-refractivity contribution is 5.93. The molecule has 0 spiro atoms. The lowest BCUT2D eigenvalue weighted by atomic mass is 9.84. The molecule has 266 valence electrons. The molecule has 2 unspecified atom stereocenters. The summed E-state index contributed by atoms with van der Waals surface area (Å²) in [6.45, 7) is 0. The first-order chi connectivity index (χ1) is 27.7. The van der Waals surface area contributed by atoms with Crippen molar-refractivity contribution in [1.29, 1.82) is 0 Å². The van der Waals surface area contributed by atoms with Crippen LogP contribution in [0.15, 0.2) is 224 Å². The molecule has 2 aliphatic rings. The third kappa shape index (κ3) is 6.63. The van der Waals surface area contributed by atoms with Gasteiger partial charge >= 0.3 is 0 Å². The molecule has 0 radical (unpaired) electrons. The maximum atomic E-state index is 2.40. The highest BCUT2D eigenvalue weighted by Crippen LogP contribution is 2.39. The minimum Gasteiger partial charge on any atom is -0.311 e. The standard InChI is InChI=1S/C54H40N2/c1-5-13-45-35-51(31-23-41(45)9-1)55(52-32-24-42-10-2-6-14-46(42)36-52)49-27-19-39(20-28-49)17-18-40-21-29-50(30-22-40)56(53-33-25-43-11-3-7-15-47(43)37-53)54-34-26-44-12-4-8-16-48(44)38-54/h1-38,41,45H/b18-17+. The summed E-state index contributed by atoms with van der Waals surface area (Å²) in [5.74, 6) is 0.757. The summed E-state index contributed by atoms with van der Waals surface area (Å²) in [6, 6.07) is 63.6. The smallest absolute Gasteiger partial charge is 0.0468 e. The van der Waals surface area contributed by atoms with Gasteiger partial charge in [0, 0.05) is 46.0 Å². The molecule has 0 fully saturated rings. The van der Waals surface area contributed by atoms with Crippen molar-refractivity contribution in [3.05, 3.63) is 235 Å². The maximum absolute atomic E-state index is 2.40. The Kier molecular flexibility index (Phi) is 8.70. The van der Waals surface area contributed by atoms with Crippen LogP contribution in [-0.4, -0.2) is 0 Å². The van der Waals surface area contributed by atoms with Gasteiger partial charge in [0.15, 0.2) is 0 Å². The normalized spacial score (nSPS) is 16.0. The molecule has 8 aromatic carbocycles. The van der Waals surface area contributed by atoms with E-state index in [-0.39, 0.29) is 0 Å². The number of fused-ring (bicyclic) bond motifs is 4. The van der Waals surface area contributed by atoms with Crippen LogP contribution in [0.5, 0.6) is 0 Å². The molecule has 0 amide bonds. The molecule has 2 atom stereocenters. The van der Waals surface area contributed by atoms with E-state index in [0.717, 1.165) is 39.6 Å². The minimum absolute atomic E-state index is 0.351. The Bertz CT molecular complexity index is 2790. The van der Waals surface area contributed by atoms with Crippen LogP contribution in [0.3, 0.4) is 0 Å². The Morgan fingerprint density at radius 1 is 0.339 bits per heavy atom. The summed E-state index contributed by atoms with van der Waals surface area (Å²) in [5.41, 5.74) is 9.15. The molecule has 0 bridgehead atoms. The van der Waals surface area contributed by atoms with Gasteiger partial charge < -0.3 is 9.80 Å². The molecule has 0 N–H and O–H groups in total. The lowest BCUT2D eigenvalue weighted by Crippen LogP contribution is -2.21. The van der Waals surface area contributed by atoms with Gasteiger partial charge in [0.2, 0.25) is 0 Å². The summed E-state index contributed by atoms with van der Waals surface area (Å²) < 4.78 is 0. The molecule has 2 nitrogen and oxygen atoms in total. The highest BCUT2D eigenvalue weighted by Gasteiger charge is 2.22. The van der Waals surface area contributed by atoms with Crippen LogP contribution in [0.25, 0.3) is 44.5 Å². The monoisotopic (exact) mass is 716 g/mol.